The summed E-state index contributed by atoms with van der Waals surface area (Å²) in [6.07, 6.45) is 3.42. The van der Waals surface area contributed by atoms with E-state index in [0.29, 0.717) is 19.1 Å². The summed E-state index contributed by atoms with van der Waals surface area (Å²) in [5.41, 5.74) is 8.17. The molecule has 0 radical (unpaired) electrons. The summed E-state index contributed by atoms with van der Waals surface area (Å²) in [6.45, 7) is 4.44. The van der Waals surface area contributed by atoms with Gasteiger partial charge in [0, 0.05) is 12.1 Å². The first-order valence-electron chi connectivity index (χ1n) is 7.32. The molecule has 1 amide bonds. The Morgan fingerprint density at radius 1 is 1.50 bits per heavy atom. The van der Waals surface area contributed by atoms with E-state index >= 15 is 0 Å². The second-order valence-electron chi connectivity index (χ2n) is 5.73. The highest BCUT2D eigenvalue weighted by Gasteiger charge is 2.22. The van der Waals surface area contributed by atoms with E-state index in [2.05, 4.69) is 18.3 Å². The van der Waals surface area contributed by atoms with Crippen molar-refractivity contribution in [1.82, 2.24) is 5.32 Å². The van der Waals surface area contributed by atoms with Gasteiger partial charge >= 0.3 is 0 Å². The molecule has 2 rings (SSSR count). The van der Waals surface area contributed by atoms with Gasteiger partial charge in [0.15, 0.2) is 0 Å². The molecule has 0 spiro atoms. The number of carbonyl (C=O) groups excluding carboxylic acids is 1. The summed E-state index contributed by atoms with van der Waals surface area (Å²) in [5, 5.41) is 2.96. The van der Waals surface area contributed by atoms with Crippen molar-refractivity contribution < 1.29 is 9.53 Å². The van der Waals surface area contributed by atoms with Gasteiger partial charge in [-0.25, -0.2) is 0 Å². The Morgan fingerprint density at radius 2 is 2.25 bits per heavy atom. The highest BCUT2D eigenvalue weighted by Crippen LogP contribution is 2.22. The van der Waals surface area contributed by atoms with Crippen molar-refractivity contribution in [3.8, 4) is 5.75 Å². The number of nitrogens with one attached hydrogen (secondary N) is 1. The SMILES string of the molecule is Cc1ccc(OCCC(=O)NC2CC2)c(CC(C)N)c1. The van der Waals surface area contributed by atoms with Gasteiger partial charge < -0.3 is 15.8 Å². The van der Waals surface area contributed by atoms with Crippen molar-refractivity contribution in [1.29, 1.82) is 0 Å². The van der Waals surface area contributed by atoms with Gasteiger partial charge in [-0.2, -0.15) is 0 Å². The van der Waals surface area contributed by atoms with Crippen LogP contribution < -0.4 is 15.8 Å². The number of benzene rings is 1. The third-order valence-electron chi connectivity index (χ3n) is 3.29. The van der Waals surface area contributed by atoms with E-state index in [1.807, 2.05) is 19.1 Å². The molecule has 4 heteroatoms. The zero-order valence-electron chi connectivity index (χ0n) is 12.3. The summed E-state index contributed by atoms with van der Waals surface area (Å²) >= 11 is 0. The van der Waals surface area contributed by atoms with Gasteiger partial charge in [0.05, 0.1) is 13.0 Å². The highest BCUT2D eigenvalue weighted by atomic mass is 16.5. The second-order valence-corrected chi connectivity index (χ2v) is 5.73. The average molecular weight is 276 g/mol. The average Bonchev–Trinajstić information content (AvgIpc) is 3.15. The maximum absolute atomic E-state index is 11.6. The summed E-state index contributed by atoms with van der Waals surface area (Å²) in [6, 6.07) is 6.59. The maximum atomic E-state index is 11.6. The second kappa shape index (κ2) is 6.75. The molecule has 1 saturated carbocycles. The number of nitrogens with two attached hydrogens (primary N) is 1. The molecule has 3 N–H and O–H groups in total. The van der Waals surface area contributed by atoms with Gasteiger partial charge in [0.25, 0.3) is 0 Å². The minimum atomic E-state index is 0.0772. The van der Waals surface area contributed by atoms with Gasteiger partial charge in [0.1, 0.15) is 5.75 Å². The topological polar surface area (TPSA) is 64.3 Å². The third kappa shape index (κ3) is 4.85. The van der Waals surface area contributed by atoms with E-state index in [0.717, 1.165) is 30.6 Å². The molecule has 1 fully saturated rings. The number of aryl methyl sites for hydroxylation is 1. The molecule has 1 aliphatic carbocycles. The molecule has 1 atom stereocenters. The standard InChI is InChI=1S/C16H24N2O2/c1-11-3-6-15(13(9-11)10-12(2)17)20-8-7-16(19)18-14-4-5-14/h3,6,9,12,14H,4-5,7-8,10,17H2,1-2H3,(H,18,19). The first-order chi connectivity index (χ1) is 9.54. The number of carbonyl (C=O) groups is 1. The van der Waals surface area contributed by atoms with Crippen molar-refractivity contribution in [2.75, 3.05) is 6.61 Å². The Bertz CT molecular complexity index is 468. The summed E-state index contributed by atoms with van der Waals surface area (Å²) in [4.78, 5) is 11.6. The lowest BCUT2D eigenvalue weighted by Gasteiger charge is -2.14. The van der Waals surface area contributed by atoms with Gasteiger partial charge in [0.2, 0.25) is 5.91 Å². The minimum Gasteiger partial charge on any atom is -0.493 e. The van der Waals surface area contributed by atoms with Crippen molar-refractivity contribution in [2.24, 2.45) is 5.73 Å². The van der Waals surface area contributed by atoms with Crippen LogP contribution in [0.4, 0.5) is 0 Å². The fourth-order valence-electron chi connectivity index (χ4n) is 2.14. The summed E-state index contributed by atoms with van der Waals surface area (Å²) in [7, 11) is 0. The van der Waals surface area contributed by atoms with Crippen LogP contribution in [0.3, 0.4) is 0 Å². The van der Waals surface area contributed by atoms with Crippen LogP contribution in [0.15, 0.2) is 18.2 Å². The number of hydrogen-bond donors (Lipinski definition) is 2. The van der Waals surface area contributed by atoms with E-state index in [1.165, 1.54) is 5.56 Å². The molecule has 1 aliphatic rings. The monoisotopic (exact) mass is 276 g/mol. The summed E-state index contributed by atoms with van der Waals surface area (Å²) in [5.74, 6) is 0.917. The lowest BCUT2D eigenvalue weighted by molar-refractivity contribution is -0.121. The van der Waals surface area contributed by atoms with Gasteiger partial charge in [-0.05, 0) is 44.7 Å². The largest absolute Gasteiger partial charge is 0.493 e. The van der Waals surface area contributed by atoms with Crippen LogP contribution >= 0.6 is 0 Å². The molecular weight excluding hydrogens is 252 g/mol. The van der Waals surface area contributed by atoms with Gasteiger partial charge in [-0.3, -0.25) is 4.79 Å². The van der Waals surface area contributed by atoms with Crippen LogP contribution in [0, 0.1) is 6.92 Å². The zero-order valence-corrected chi connectivity index (χ0v) is 12.3. The fourth-order valence-corrected chi connectivity index (χ4v) is 2.14. The Kier molecular flexibility index (Phi) is 5.01. The molecule has 0 aromatic heterocycles. The molecule has 1 aromatic carbocycles. The van der Waals surface area contributed by atoms with Crippen LogP contribution in [-0.2, 0) is 11.2 Å². The summed E-state index contributed by atoms with van der Waals surface area (Å²) < 4.78 is 5.75. The lowest BCUT2D eigenvalue weighted by atomic mass is 10.0. The van der Waals surface area contributed by atoms with Crippen LogP contribution in [0.5, 0.6) is 5.75 Å². The highest BCUT2D eigenvalue weighted by molar-refractivity contribution is 5.76. The predicted molar refractivity (Wildman–Crippen MR) is 79.8 cm³/mol. The Balaban J connectivity index is 1.85. The van der Waals surface area contributed by atoms with Gasteiger partial charge in [-0.1, -0.05) is 17.7 Å². The predicted octanol–water partition coefficient (Wildman–Crippen LogP) is 1.93. The number of hydrogen-bond acceptors (Lipinski definition) is 3. The molecular formula is C16H24N2O2. The van der Waals surface area contributed by atoms with E-state index in [-0.39, 0.29) is 11.9 Å². The molecule has 1 unspecified atom stereocenters. The maximum Gasteiger partial charge on any atom is 0.223 e. The first-order valence-corrected chi connectivity index (χ1v) is 7.32. The van der Waals surface area contributed by atoms with Crippen LogP contribution in [0.1, 0.15) is 37.3 Å². The fraction of sp³-hybridized carbons (Fsp3) is 0.562. The van der Waals surface area contributed by atoms with E-state index < -0.39 is 0 Å². The molecule has 0 aliphatic heterocycles. The molecule has 0 heterocycles. The Hall–Kier alpha value is -1.55. The third-order valence-corrected chi connectivity index (χ3v) is 3.29. The van der Waals surface area contributed by atoms with Crippen LogP contribution in [0.25, 0.3) is 0 Å². The molecule has 20 heavy (non-hydrogen) atoms. The molecule has 0 saturated heterocycles. The Morgan fingerprint density at radius 3 is 2.90 bits per heavy atom. The number of rotatable bonds is 7. The number of ether oxygens (including phenoxy) is 1. The van der Waals surface area contributed by atoms with Crippen molar-refractivity contribution in [3.05, 3.63) is 29.3 Å². The quantitative estimate of drug-likeness (QED) is 0.800. The smallest absolute Gasteiger partial charge is 0.223 e. The molecule has 1 aromatic rings. The van der Waals surface area contributed by atoms with Crippen LogP contribution in [-0.4, -0.2) is 24.6 Å². The van der Waals surface area contributed by atoms with Crippen LogP contribution in [0.2, 0.25) is 0 Å². The van der Waals surface area contributed by atoms with Crippen molar-refractivity contribution >= 4 is 5.91 Å². The molecule has 0 bridgehead atoms. The first kappa shape index (κ1) is 14.9. The molecule has 110 valence electrons. The van der Waals surface area contributed by atoms with Crippen molar-refractivity contribution in [2.45, 2.75) is 51.6 Å². The molecule has 4 nitrogen and oxygen atoms in total. The normalized spacial score (nSPS) is 15.8. The minimum absolute atomic E-state index is 0.0772. The van der Waals surface area contributed by atoms with E-state index in [4.69, 9.17) is 10.5 Å². The van der Waals surface area contributed by atoms with Gasteiger partial charge in [-0.15, -0.1) is 0 Å². The van der Waals surface area contributed by atoms with Crippen molar-refractivity contribution in [3.63, 3.8) is 0 Å². The van der Waals surface area contributed by atoms with E-state index in [9.17, 15) is 4.79 Å². The Labute approximate surface area is 120 Å². The zero-order chi connectivity index (χ0) is 14.5. The number of amides is 1. The lowest BCUT2D eigenvalue weighted by Crippen LogP contribution is -2.26. The van der Waals surface area contributed by atoms with E-state index in [1.54, 1.807) is 0 Å².